The molecule has 122 valence electrons. The van der Waals surface area contributed by atoms with E-state index in [1.165, 1.54) is 0 Å². The smallest absolute Gasteiger partial charge is 0.336 e. The summed E-state index contributed by atoms with van der Waals surface area (Å²) in [6, 6.07) is 23.0. The number of fused-ring (bicyclic) bond motifs is 1. The molecule has 1 aromatic heterocycles. The van der Waals surface area contributed by atoms with E-state index >= 15 is 0 Å². The Morgan fingerprint density at radius 2 is 1.56 bits per heavy atom. The van der Waals surface area contributed by atoms with Crippen molar-refractivity contribution in [2.75, 3.05) is 0 Å². The van der Waals surface area contributed by atoms with Gasteiger partial charge in [-0.2, -0.15) is 0 Å². The maximum absolute atomic E-state index is 11.6. The van der Waals surface area contributed by atoms with Crippen LogP contribution in [0.2, 0.25) is 0 Å². The minimum absolute atomic E-state index is 0.311. The molecule has 0 spiro atoms. The number of para-hydroxylation sites is 2. The van der Waals surface area contributed by atoms with Gasteiger partial charge in [0, 0.05) is 6.54 Å². The highest BCUT2D eigenvalue weighted by Gasteiger charge is 2.14. The van der Waals surface area contributed by atoms with E-state index < -0.39 is 5.97 Å². The number of aromatic carboxylic acids is 1. The minimum atomic E-state index is -0.918. The van der Waals surface area contributed by atoms with Crippen molar-refractivity contribution in [1.29, 1.82) is 0 Å². The standard InChI is InChI=1S/C21H16N2O2/c24-21(25)18-10-4-3-9-17(18)16-8-2-1-7-15(16)13-23-14-22-19-11-5-6-12-20(19)23/h1-12,14H,13H2,(H,24,25). The number of carboxylic acids is 1. The number of imidazole rings is 1. The highest BCUT2D eigenvalue weighted by atomic mass is 16.4. The van der Waals surface area contributed by atoms with Crippen molar-refractivity contribution >= 4 is 17.0 Å². The summed E-state index contributed by atoms with van der Waals surface area (Å²) in [5, 5.41) is 9.50. The minimum Gasteiger partial charge on any atom is -0.478 e. The van der Waals surface area contributed by atoms with Gasteiger partial charge in [-0.05, 0) is 34.9 Å². The van der Waals surface area contributed by atoms with Gasteiger partial charge in [0.05, 0.1) is 22.9 Å². The summed E-state index contributed by atoms with van der Waals surface area (Å²) < 4.78 is 2.08. The molecule has 0 aliphatic rings. The average Bonchev–Trinajstić information content (AvgIpc) is 3.05. The summed E-state index contributed by atoms with van der Waals surface area (Å²) in [7, 11) is 0. The molecule has 4 aromatic rings. The van der Waals surface area contributed by atoms with Gasteiger partial charge in [-0.1, -0.05) is 54.6 Å². The fourth-order valence-electron chi connectivity index (χ4n) is 3.15. The SMILES string of the molecule is O=C(O)c1ccccc1-c1ccccc1Cn1cnc2ccccc21. The molecule has 0 fully saturated rings. The number of rotatable bonds is 4. The second kappa shape index (κ2) is 6.24. The first-order valence-electron chi connectivity index (χ1n) is 8.04. The molecule has 1 N–H and O–H groups in total. The largest absolute Gasteiger partial charge is 0.478 e. The average molecular weight is 328 g/mol. The molecule has 1 heterocycles. The van der Waals surface area contributed by atoms with E-state index in [1.54, 1.807) is 12.1 Å². The highest BCUT2D eigenvalue weighted by Crippen LogP contribution is 2.28. The summed E-state index contributed by atoms with van der Waals surface area (Å²) in [4.78, 5) is 16.0. The summed E-state index contributed by atoms with van der Waals surface area (Å²) >= 11 is 0. The lowest BCUT2D eigenvalue weighted by Gasteiger charge is -2.13. The summed E-state index contributed by atoms with van der Waals surface area (Å²) in [6.45, 7) is 0.630. The lowest BCUT2D eigenvalue weighted by atomic mass is 9.95. The van der Waals surface area contributed by atoms with Crippen LogP contribution in [0.4, 0.5) is 0 Å². The molecule has 0 saturated heterocycles. The zero-order valence-electron chi connectivity index (χ0n) is 13.5. The predicted molar refractivity (Wildman–Crippen MR) is 97.7 cm³/mol. The molecule has 0 unspecified atom stereocenters. The van der Waals surface area contributed by atoms with Gasteiger partial charge in [0.15, 0.2) is 0 Å². The van der Waals surface area contributed by atoms with Gasteiger partial charge in [0.2, 0.25) is 0 Å². The van der Waals surface area contributed by atoms with E-state index in [0.717, 1.165) is 27.7 Å². The second-order valence-corrected chi connectivity index (χ2v) is 5.87. The predicted octanol–water partition coefficient (Wildman–Crippen LogP) is 4.45. The van der Waals surface area contributed by atoms with Gasteiger partial charge in [0.1, 0.15) is 0 Å². The zero-order valence-corrected chi connectivity index (χ0v) is 13.5. The van der Waals surface area contributed by atoms with Crippen molar-refractivity contribution < 1.29 is 9.90 Å². The highest BCUT2D eigenvalue weighted by molar-refractivity contribution is 5.96. The maximum Gasteiger partial charge on any atom is 0.336 e. The Morgan fingerprint density at radius 1 is 0.880 bits per heavy atom. The molecule has 3 aromatic carbocycles. The Labute approximate surface area is 145 Å². The van der Waals surface area contributed by atoms with Crippen molar-refractivity contribution in [1.82, 2.24) is 9.55 Å². The van der Waals surface area contributed by atoms with Crippen LogP contribution in [0.5, 0.6) is 0 Å². The molecule has 4 rings (SSSR count). The van der Waals surface area contributed by atoms with Crippen molar-refractivity contribution in [3.8, 4) is 11.1 Å². The number of nitrogens with zero attached hydrogens (tertiary/aromatic N) is 2. The first-order valence-corrected chi connectivity index (χ1v) is 8.04. The summed E-state index contributed by atoms with van der Waals surface area (Å²) in [6.07, 6.45) is 1.82. The molecule has 0 aliphatic heterocycles. The topological polar surface area (TPSA) is 55.1 Å². The van der Waals surface area contributed by atoms with Gasteiger partial charge in [-0.25, -0.2) is 9.78 Å². The summed E-state index contributed by atoms with van der Waals surface area (Å²) in [5.41, 5.74) is 5.04. The molecule has 0 bridgehead atoms. The molecule has 0 radical (unpaired) electrons. The van der Waals surface area contributed by atoms with Crippen LogP contribution in [0.3, 0.4) is 0 Å². The molecule has 0 aliphatic carbocycles. The van der Waals surface area contributed by atoms with Gasteiger partial charge in [-0.3, -0.25) is 0 Å². The molecule has 0 amide bonds. The van der Waals surface area contributed by atoms with Crippen molar-refractivity contribution in [2.24, 2.45) is 0 Å². The molecule has 0 atom stereocenters. The van der Waals surface area contributed by atoms with Gasteiger partial charge in [-0.15, -0.1) is 0 Å². The number of hydrogen-bond donors (Lipinski definition) is 1. The van der Waals surface area contributed by atoms with Crippen molar-refractivity contribution in [2.45, 2.75) is 6.54 Å². The fourth-order valence-corrected chi connectivity index (χ4v) is 3.15. The van der Waals surface area contributed by atoms with Crippen LogP contribution >= 0.6 is 0 Å². The van der Waals surface area contributed by atoms with Crippen LogP contribution in [0, 0.1) is 0 Å². The molecular weight excluding hydrogens is 312 g/mol. The normalized spacial score (nSPS) is 10.9. The van der Waals surface area contributed by atoms with E-state index in [9.17, 15) is 9.90 Å². The quantitative estimate of drug-likeness (QED) is 0.602. The van der Waals surface area contributed by atoms with E-state index in [4.69, 9.17) is 0 Å². The van der Waals surface area contributed by atoms with Crippen molar-refractivity contribution in [3.05, 3.63) is 90.3 Å². The first-order chi connectivity index (χ1) is 12.2. The van der Waals surface area contributed by atoms with E-state index in [1.807, 2.05) is 67.0 Å². The molecule has 0 saturated carbocycles. The number of aromatic nitrogens is 2. The lowest BCUT2D eigenvalue weighted by molar-refractivity contribution is 0.0697. The third-order valence-electron chi connectivity index (χ3n) is 4.33. The Bertz CT molecular complexity index is 1070. The maximum atomic E-state index is 11.6. The Morgan fingerprint density at radius 3 is 2.40 bits per heavy atom. The van der Waals surface area contributed by atoms with Crippen LogP contribution in [0.25, 0.3) is 22.2 Å². The molecular formula is C21H16N2O2. The Kier molecular flexibility index (Phi) is 3.78. The Hall–Kier alpha value is -3.40. The first kappa shape index (κ1) is 15.1. The van der Waals surface area contributed by atoms with E-state index in [-0.39, 0.29) is 0 Å². The van der Waals surface area contributed by atoms with E-state index in [2.05, 4.69) is 9.55 Å². The van der Waals surface area contributed by atoms with Crippen LogP contribution in [0.1, 0.15) is 15.9 Å². The second-order valence-electron chi connectivity index (χ2n) is 5.87. The molecule has 25 heavy (non-hydrogen) atoms. The van der Waals surface area contributed by atoms with E-state index in [0.29, 0.717) is 12.1 Å². The van der Waals surface area contributed by atoms with Crippen LogP contribution in [-0.2, 0) is 6.54 Å². The molecule has 4 nitrogen and oxygen atoms in total. The van der Waals surface area contributed by atoms with Gasteiger partial charge < -0.3 is 9.67 Å². The number of benzene rings is 3. The van der Waals surface area contributed by atoms with Crippen molar-refractivity contribution in [3.63, 3.8) is 0 Å². The van der Waals surface area contributed by atoms with Crippen LogP contribution < -0.4 is 0 Å². The zero-order chi connectivity index (χ0) is 17.2. The van der Waals surface area contributed by atoms with Crippen LogP contribution in [-0.4, -0.2) is 20.6 Å². The van der Waals surface area contributed by atoms with Gasteiger partial charge in [0.25, 0.3) is 0 Å². The molecule has 4 heteroatoms. The number of carboxylic acid groups (broad SMARTS) is 1. The van der Waals surface area contributed by atoms with Gasteiger partial charge >= 0.3 is 5.97 Å². The third kappa shape index (κ3) is 2.78. The van der Waals surface area contributed by atoms with Crippen LogP contribution in [0.15, 0.2) is 79.1 Å². The monoisotopic (exact) mass is 328 g/mol. The lowest BCUT2D eigenvalue weighted by Crippen LogP contribution is -2.03. The number of carbonyl (C=O) groups is 1. The summed E-state index contributed by atoms with van der Waals surface area (Å²) in [5.74, 6) is -0.918. The Balaban J connectivity index is 1.82. The number of hydrogen-bond acceptors (Lipinski definition) is 2. The third-order valence-corrected chi connectivity index (χ3v) is 4.33. The fraction of sp³-hybridized carbons (Fsp3) is 0.0476.